The zero-order valence-electron chi connectivity index (χ0n) is 15.3. The van der Waals surface area contributed by atoms with E-state index in [1.807, 2.05) is 30.3 Å². The highest BCUT2D eigenvalue weighted by Gasteiger charge is 2.23. The Morgan fingerprint density at radius 3 is 2.63 bits per heavy atom. The molecule has 0 saturated carbocycles. The highest BCUT2D eigenvalue weighted by atomic mass is 35.5. The lowest BCUT2D eigenvalue weighted by molar-refractivity contribution is 0.335. The first-order valence-electron chi connectivity index (χ1n) is 8.87. The zero-order chi connectivity index (χ0) is 18.6. The molecule has 1 atom stereocenters. The van der Waals surface area contributed by atoms with Crippen molar-refractivity contribution < 1.29 is 8.42 Å². The van der Waals surface area contributed by atoms with Crippen LogP contribution in [0.3, 0.4) is 0 Å². The van der Waals surface area contributed by atoms with Crippen LogP contribution in [0.1, 0.15) is 36.8 Å². The minimum absolute atomic E-state index is 0. The number of nitrogens with zero attached hydrogens (tertiary/aromatic N) is 2. The van der Waals surface area contributed by atoms with E-state index in [4.69, 9.17) is 5.26 Å². The van der Waals surface area contributed by atoms with Crippen LogP contribution >= 0.6 is 12.4 Å². The maximum atomic E-state index is 12.5. The molecule has 7 heteroatoms. The Morgan fingerprint density at radius 2 is 1.96 bits per heavy atom. The van der Waals surface area contributed by atoms with Crippen LogP contribution in [0.5, 0.6) is 0 Å². The fraction of sp³-hybridized carbons (Fsp3) is 0.350. The van der Waals surface area contributed by atoms with Crippen molar-refractivity contribution in [2.75, 3.05) is 24.4 Å². The topological polar surface area (TPSA) is 73.2 Å². The molecule has 0 radical (unpaired) electrons. The second kappa shape index (κ2) is 9.23. The van der Waals surface area contributed by atoms with Gasteiger partial charge in [-0.15, -0.1) is 12.4 Å². The van der Waals surface area contributed by atoms with Gasteiger partial charge in [-0.05, 0) is 67.7 Å². The van der Waals surface area contributed by atoms with Crippen molar-refractivity contribution in [1.82, 2.24) is 4.90 Å². The summed E-state index contributed by atoms with van der Waals surface area (Å²) in [7, 11) is -3.70. The van der Waals surface area contributed by atoms with E-state index in [-0.39, 0.29) is 17.3 Å². The number of likely N-dealkylation sites (tertiary alicyclic amines) is 1. The van der Waals surface area contributed by atoms with Crippen LogP contribution in [-0.2, 0) is 10.0 Å². The van der Waals surface area contributed by atoms with Crippen LogP contribution in [0.2, 0.25) is 0 Å². The SMILES string of the molecule is CCCN1CC[C@@H](c2ccc(NS(=O)(=O)c3cccc(C#N)c3)cc2)C1.Cl. The lowest BCUT2D eigenvalue weighted by Crippen LogP contribution is -2.20. The summed E-state index contributed by atoms with van der Waals surface area (Å²) in [5.41, 5.74) is 2.10. The standard InChI is InChI=1S/C20H23N3O2S.ClH/c1-2-11-23-12-10-18(15-23)17-6-8-19(9-7-17)22-26(24,25)20-5-3-4-16(13-20)14-21;/h3-9,13,18,22H,2,10-12,15H2,1H3;1H/t18-;/m1./s1. The quantitative estimate of drug-likeness (QED) is 0.788. The zero-order valence-corrected chi connectivity index (χ0v) is 16.9. The molecule has 144 valence electrons. The van der Waals surface area contributed by atoms with Crippen LogP contribution in [0, 0.1) is 11.3 Å². The highest BCUT2D eigenvalue weighted by Crippen LogP contribution is 2.28. The van der Waals surface area contributed by atoms with Crippen molar-refractivity contribution in [2.45, 2.75) is 30.6 Å². The molecule has 1 heterocycles. The summed E-state index contributed by atoms with van der Waals surface area (Å²) in [6.45, 7) is 5.53. The molecule has 1 aliphatic heterocycles. The van der Waals surface area contributed by atoms with E-state index >= 15 is 0 Å². The molecule has 0 amide bonds. The molecule has 27 heavy (non-hydrogen) atoms. The Morgan fingerprint density at radius 1 is 1.22 bits per heavy atom. The summed E-state index contributed by atoms with van der Waals surface area (Å²) in [6, 6.07) is 15.6. The highest BCUT2D eigenvalue weighted by molar-refractivity contribution is 7.92. The van der Waals surface area contributed by atoms with Gasteiger partial charge in [-0.1, -0.05) is 25.1 Å². The summed E-state index contributed by atoms with van der Waals surface area (Å²) < 4.78 is 27.6. The molecule has 0 aliphatic carbocycles. The summed E-state index contributed by atoms with van der Waals surface area (Å²) in [5, 5.41) is 8.94. The van der Waals surface area contributed by atoms with Crippen molar-refractivity contribution in [3.05, 3.63) is 59.7 Å². The first kappa shape index (κ1) is 21.2. The number of hydrogen-bond donors (Lipinski definition) is 1. The molecular weight excluding hydrogens is 382 g/mol. The molecule has 0 unspecified atom stereocenters. The predicted octanol–water partition coefficient (Wildman–Crippen LogP) is 3.98. The van der Waals surface area contributed by atoms with Gasteiger partial charge in [-0.2, -0.15) is 5.26 Å². The van der Waals surface area contributed by atoms with Crippen LogP contribution in [0.15, 0.2) is 53.4 Å². The second-order valence-electron chi connectivity index (χ2n) is 6.65. The van der Waals surface area contributed by atoms with Gasteiger partial charge in [0, 0.05) is 12.2 Å². The van der Waals surface area contributed by atoms with Crippen LogP contribution < -0.4 is 4.72 Å². The molecular formula is C20H24ClN3O2S. The molecule has 3 rings (SSSR count). The number of anilines is 1. The third kappa shape index (κ3) is 5.23. The Bertz CT molecular complexity index is 908. The molecule has 1 saturated heterocycles. The number of hydrogen-bond acceptors (Lipinski definition) is 4. The monoisotopic (exact) mass is 405 g/mol. The fourth-order valence-corrected chi connectivity index (χ4v) is 4.50. The Hall–Kier alpha value is -2.07. The Kier molecular flexibility index (Phi) is 7.25. The van der Waals surface area contributed by atoms with Gasteiger partial charge in [0.2, 0.25) is 0 Å². The molecule has 5 nitrogen and oxygen atoms in total. The van der Waals surface area contributed by atoms with E-state index in [1.165, 1.54) is 24.1 Å². The van der Waals surface area contributed by atoms with Gasteiger partial charge in [0.15, 0.2) is 0 Å². The van der Waals surface area contributed by atoms with Gasteiger partial charge in [0.1, 0.15) is 0 Å². The van der Waals surface area contributed by atoms with Gasteiger partial charge >= 0.3 is 0 Å². The lowest BCUT2D eigenvalue weighted by Gasteiger charge is -2.15. The van der Waals surface area contributed by atoms with Crippen LogP contribution in [0.4, 0.5) is 5.69 Å². The third-order valence-electron chi connectivity index (χ3n) is 4.72. The molecule has 2 aromatic rings. The summed E-state index contributed by atoms with van der Waals surface area (Å²) >= 11 is 0. The first-order chi connectivity index (χ1) is 12.5. The van der Waals surface area contributed by atoms with E-state index in [2.05, 4.69) is 16.5 Å². The Balaban J connectivity index is 0.00000261. The van der Waals surface area contributed by atoms with E-state index in [0.29, 0.717) is 17.2 Å². The maximum absolute atomic E-state index is 12.5. The van der Waals surface area contributed by atoms with Gasteiger partial charge in [-0.25, -0.2) is 8.42 Å². The number of halogens is 1. The summed E-state index contributed by atoms with van der Waals surface area (Å²) in [6.07, 6.45) is 2.31. The lowest BCUT2D eigenvalue weighted by atomic mass is 9.98. The minimum atomic E-state index is -3.70. The van der Waals surface area contributed by atoms with Crippen LogP contribution in [0.25, 0.3) is 0 Å². The summed E-state index contributed by atoms with van der Waals surface area (Å²) in [4.78, 5) is 2.57. The van der Waals surface area contributed by atoms with Gasteiger partial charge in [-0.3, -0.25) is 4.72 Å². The molecule has 1 fully saturated rings. The number of nitrogens with one attached hydrogen (secondary N) is 1. The number of benzene rings is 2. The van der Waals surface area contributed by atoms with Gasteiger partial charge in [0.05, 0.1) is 16.5 Å². The first-order valence-corrected chi connectivity index (χ1v) is 10.4. The third-order valence-corrected chi connectivity index (χ3v) is 6.10. The molecule has 0 spiro atoms. The molecule has 0 aromatic heterocycles. The van der Waals surface area contributed by atoms with Gasteiger partial charge in [0.25, 0.3) is 10.0 Å². The molecule has 1 aliphatic rings. The average Bonchev–Trinajstić information content (AvgIpc) is 3.11. The van der Waals surface area contributed by atoms with Crippen molar-refractivity contribution >= 4 is 28.1 Å². The van der Waals surface area contributed by atoms with Crippen molar-refractivity contribution in [2.24, 2.45) is 0 Å². The smallest absolute Gasteiger partial charge is 0.261 e. The van der Waals surface area contributed by atoms with E-state index in [9.17, 15) is 8.42 Å². The summed E-state index contributed by atoms with van der Waals surface area (Å²) in [5.74, 6) is 0.513. The normalized spacial score (nSPS) is 17.1. The van der Waals surface area contributed by atoms with Crippen LogP contribution in [-0.4, -0.2) is 33.0 Å². The van der Waals surface area contributed by atoms with E-state index in [1.54, 1.807) is 12.1 Å². The number of nitriles is 1. The van der Waals surface area contributed by atoms with Gasteiger partial charge < -0.3 is 4.90 Å². The molecule has 0 bridgehead atoms. The predicted molar refractivity (Wildman–Crippen MR) is 110 cm³/mol. The van der Waals surface area contributed by atoms with E-state index < -0.39 is 10.0 Å². The van der Waals surface area contributed by atoms with Crippen molar-refractivity contribution in [3.8, 4) is 6.07 Å². The number of rotatable bonds is 6. The number of sulfonamides is 1. The molecule has 1 N–H and O–H groups in total. The van der Waals surface area contributed by atoms with Crippen molar-refractivity contribution in [3.63, 3.8) is 0 Å². The Labute approximate surface area is 167 Å². The largest absolute Gasteiger partial charge is 0.303 e. The molecule has 2 aromatic carbocycles. The van der Waals surface area contributed by atoms with E-state index in [0.717, 1.165) is 26.1 Å². The second-order valence-corrected chi connectivity index (χ2v) is 8.34. The average molecular weight is 406 g/mol. The fourth-order valence-electron chi connectivity index (χ4n) is 3.39. The minimum Gasteiger partial charge on any atom is -0.303 e. The maximum Gasteiger partial charge on any atom is 0.261 e. The van der Waals surface area contributed by atoms with Crippen molar-refractivity contribution in [1.29, 1.82) is 5.26 Å².